The zero-order valence-corrected chi connectivity index (χ0v) is 27.3. The Bertz CT molecular complexity index is 800. The molecule has 6 heteroatoms. The van der Waals surface area contributed by atoms with E-state index in [1.807, 2.05) is 12.3 Å². The molecular weight excluding hydrogens is 494 g/mol. The molecule has 2 aliphatic rings. The molecule has 0 radical (unpaired) electrons. The molecule has 6 nitrogen and oxygen atoms in total. The molecule has 3 rings (SSSR count). The van der Waals surface area contributed by atoms with Crippen molar-refractivity contribution in [2.45, 2.75) is 93.0 Å². The van der Waals surface area contributed by atoms with Crippen LogP contribution in [-0.2, 0) is 6.54 Å². The SMILES string of the molecule is C=C(CC)NCCCOc1ccc(CN(C)CC(C)C)cn1.CCCN1CCC2(CC1)CN(CCCC(C)C)C2.[HH]. The fourth-order valence-corrected chi connectivity index (χ4v) is 5.90. The normalized spacial score (nSPS) is 17.1. The average Bonchev–Trinajstić information content (AvgIpc) is 2.89. The van der Waals surface area contributed by atoms with Crippen molar-refractivity contribution in [1.29, 1.82) is 0 Å². The summed E-state index contributed by atoms with van der Waals surface area (Å²) in [6.07, 6.45) is 10.8. The molecule has 40 heavy (non-hydrogen) atoms. The van der Waals surface area contributed by atoms with E-state index in [9.17, 15) is 0 Å². The van der Waals surface area contributed by atoms with Gasteiger partial charge in [-0.15, -0.1) is 0 Å². The second-order valence-corrected chi connectivity index (χ2v) is 13.3. The van der Waals surface area contributed by atoms with Crippen LogP contribution in [0.1, 0.15) is 93.5 Å². The lowest BCUT2D eigenvalue weighted by atomic mass is 9.72. The first-order chi connectivity index (χ1) is 19.1. The van der Waals surface area contributed by atoms with Gasteiger partial charge < -0.3 is 24.8 Å². The lowest BCUT2D eigenvalue weighted by molar-refractivity contribution is -0.0469. The topological polar surface area (TPSA) is 43.9 Å². The Kier molecular flexibility index (Phi) is 16.2. The Labute approximate surface area is 249 Å². The van der Waals surface area contributed by atoms with Crippen molar-refractivity contribution in [3.8, 4) is 5.88 Å². The van der Waals surface area contributed by atoms with Crippen LogP contribution < -0.4 is 10.1 Å². The number of nitrogens with zero attached hydrogens (tertiary/aromatic N) is 4. The molecule has 0 aliphatic carbocycles. The van der Waals surface area contributed by atoms with E-state index >= 15 is 0 Å². The lowest BCUT2D eigenvalue weighted by Crippen LogP contribution is -2.60. The third kappa shape index (κ3) is 13.8. The van der Waals surface area contributed by atoms with Crippen LogP contribution in [0, 0.1) is 17.3 Å². The number of hydrogen-bond donors (Lipinski definition) is 1. The molecule has 0 aromatic carbocycles. The number of hydrogen-bond acceptors (Lipinski definition) is 6. The van der Waals surface area contributed by atoms with Crippen molar-refractivity contribution in [2.24, 2.45) is 17.3 Å². The van der Waals surface area contributed by atoms with E-state index < -0.39 is 0 Å². The zero-order valence-electron chi connectivity index (χ0n) is 27.3. The maximum absolute atomic E-state index is 5.65. The molecule has 0 saturated carbocycles. The Morgan fingerprint density at radius 2 is 1.80 bits per heavy atom. The van der Waals surface area contributed by atoms with Gasteiger partial charge in [0.05, 0.1) is 6.61 Å². The highest BCUT2D eigenvalue weighted by atomic mass is 16.5. The molecule has 2 fully saturated rings. The summed E-state index contributed by atoms with van der Waals surface area (Å²) in [6.45, 7) is 29.2. The van der Waals surface area contributed by atoms with E-state index in [0.29, 0.717) is 18.4 Å². The molecule has 3 heterocycles. The number of pyridine rings is 1. The Morgan fingerprint density at radius 1 is 1.07 bits per heavy atom. The van der Waals surface area contributed by atoms with Gasteiger partial charge in [0, 0.05) is 52.1 Å². The molecular formula is C34H65N5O. The zero-order chi connectivity index (χ0) is 29.4. The minimum atomic E-state index is 0. The predicted molar refractivity (Wildman–Crippen MR) is 174 cm³/mol. The monoisotopic (exact) mass is 560 g/mol. The third-order valence-electron chi connectivity index (χ3n) is 8.13. The Morgan fingerprint density at radius 3 is 2.38 bits per heavy atom. The van der Waals surface area contributed by atoms with Crippen LogP contribution >= 0.6 is 0 Å². The summed E-state index contributed by atoms with van der Waals surface area (Å²) in [6, 6.07) is 4.05. The summed E-state index contributed by atoms with van der Waals surface area (Å²) >= 11 is 0. The van der Waals surface area contributed by atoms with Gasteiger partial charge in [0.2, 0.25) is 5.88 Å². The van der Waals surface area contributed by atoms with Gasteiger partial charge in [0.1, 0.15) is 0 Å². The van der Waals surface area contributed by atoms with Gasteiger partial charge >= 0.3 is 0 Å². The van der Waals surface area contributed by atoms with Gasteiger partial charge in [-0.3, -0.25) is 0 Å². The van der Waals surface area contributed by atoms with Crippen molar-refractivity contribution >= 4 is 0 Å². The first-order valence-corrected chi connectivity index (χ1v) is 16.3. The number of rotatable bonds is 17. The number of ether oxygens (including phenoxy) is 1. The summed E-state index contributed by atoms with van der Waals surface area (Å²) < 4.78 is 5.65. The summed E-state index contributed by atoms with van der Waals surface area (Å²) in [4.78, 5) is 12.0. The quantitative estimate of drug-likeness (QED) is 0.209. The van der Waals surface area contributed by atoms with Crippen LogP contribution in [0.15, 0.2) is 30.6 Å². The van der Waals surface area contributed by atoms with Gasteiger partial charge in [-0.25, -0.2) is 4.98 Å². The van der Waals surface area contributed by atoms with E-state index in [2.05, 4.69) is 86.2 Å². The molecule has 0 unspecified atom stereocenters. The second kappa shape index (κ2) is 18.7. The highest BCUT2D eigenvalue weighted by Crippen LogP contribution is 2.40. The van der Waals surface area contributed by atoms with Crippen LogP contribution in [0.4, 0.5) is 0 Å². The maximum atomic E-state index is 5.65. The molecule has 1 aromatic heterocycles. The first-order valence-electron chi connectivity index (χ1n) is 16.3. The molecule has 2 aliphatic heterocycles. The van der Waals surface area contributed by atoms with Crippen molar-refractivity contribution in [2.75, 3.05) is 66.0 Å². The predicted octanol–water partition coefficient (Wildman–Crippen LogP) is 6.93. The standard InChI is InChI=1S/C18H31N3O.C16H32N2.H2/c1-6-16(4)19-10-7-11-22-18-9-8-17(12-20-18)14-21(5)13-15(2)3;1-4-9-17-11-7-16(8-12-17)13-18(14-16)10-5-6-15(2)3;/h8-9,12,15,19H,4,6-7,10-11,13-14H2,1-3,5H3;15H,4-14H2,1-3H3;1H. The van der Waals surface area contributed by atoms with Crippen molar-refractivity contribution in [3.05, 3.63) is 36.2 Å². The Balaban J connectivity index is 0.000000407. The summed E-state index contributed by atoms with van der Waals surface area (Å²) in [5, 5.41) is 3.26. The molecule has 232 valence electrons. The highest BCUT2D eigenvalue weighted by Gasteiger charge is 2.43. The van der Waals surface area contributed by atoms with E-state index in [1.165, 1.54) is 76.9 Å². The largest absolute Gasteiger partial charge is 0.478 e. The number of nitrogens with one attached hydrogen (secondary N) is 1. The van der Waals surface area contributed by atoms with E-state index in [0.717, 1.165) is 49.5 Å². The van der Waals surface area contributed by atoms with Crippen LogP contribution in [-0.4, -0.2) is 85.7 Å². The van der Waals surface area contributed by atoms with Crippen LogP contribution in [0.3, 0.4) is 0 Å². The first kappa shape index (κ1) is 34.6. The molecule has 1 N–H and O–H groups in total. The third-order valence-corrected chi connectivity index (χ3v) is 8.13. The lowest BCUT2D eigenvalue weighted by Gasteiger charge is -2.54. The van der Waals surface area contributed by atoms with Crippen molar-refractivity contribution < 1.29 is 6.16 Å². The average molecular weight is 560 g/mol. The van der Waals surface area contributed by atoms with E-state index in [4.69, 9.17) is 4.74 Å². The van der Waals surface area contributed by atoms with E-state index in [1.54, 1.807) is 0 Å². The van der Waals surface area contributed by atoms with Gasteiger partial charge in [-0.2, -0.15) is 0 Å². The van der Waals surface area contributed by atoms with E-state index in [-0.39, 0.29) is 1.43 Å². The van der Waals surface area contributed by atoms with Crippen LogP contribution in [0.2, 0.25) is 0 Å². The van der Waals surface area contributed by atoms with Crippen LogP contribution in [0.5, 0.6) is 5.88 Å². The summed E-state index contributed by atoms with van der Waals surface area (Å²) in [5.74, 6) is 2.25. The summed E-state index contributed by atoms with van der Waals surface area (Å²) in [5.41, 5.74) is 3.02. The number of aromatic nitrogens is 1. The van der Waals surface area contributed by atoms with Gasteiger partial charge in [-0.05, 0) is 101 Å². The Hall–Kier alpha value is -1.63. The van der Waals surface area contributed by atoms with Gasteiger partial charge in [-0.1, -0.05) is 54.2 Å². The number of allylic oxidation sites excluding steroid dienone is 1. The fraction of sp³-hybridized carbons (Fsp3) is 0.794. The summed E-state index contributed by atoms with van der Waals surface area (Å²) in [7, 11) is 2.14. The van der Waals surface area contributed by atoms with Gasteiger partial charge in [0.25, 0.3) is 0 Å². The molecule has 0 amide bonds. The highest BCUT2D eigenvalue weighted by molar-refractivity contribution is 5.17. The fourth-order valence-electron chi connectivity index (χ4n) is 5.90. The van der Waals surface area contributed by atoms with Gasteiger partial charge in [0.15, 0.2) is 0 Å². The molecule has 1 aromatic rings. The number of likely N-dealkylation sites (tertiary alicyclic amines) is 2. The second-order valence-electron chi connectivity index (χ2n) is 13.3. The minimum absolute atomic E-state index is 0. The molecule has 1 spiro atoms. The maximum Gasteiger partial charge on any atom is 0.213 e. The van der Waals surface area contributed by atoms with Crippen LogP contribution in [0.25, 0.3) is 0 Å². The molecule has 2 saturated heterocycles. The molecule has 0 bridgehead atoms. The van der Waals surface area contributed by atoms with Crippen molar-refractivity contribution in [3.63, 3.8) is 0 Å². The smallest absolute Gasteiger partial charge is 0.213 e. The minimum Gasteiger partial charge on any atom is -0.478 e. The van der Waals surface area contributed by atoms with Crippen molar-refractivity contribution in [1.82, 2.24) is 25.0 Å². The molecule has 0 atom stereocenters. The number of piperidine rings is 1.